The van der Waals surface area contributed by atoms with Crippen molar-refractivity contribution < 1.29 is 9.59 Å². The highest BCUT2D eigenvalue weighted by atomic mass is 16.2. The number of rotatable bonds is 6. The Kier molecular flexibility index (Phi) is 5.61. The summed E-state index contributed by atoms with van der Waals surface area (Å²) in [7, 11) is 1.58. The van der Waals surface area contributed by atoms with Gasteiger partial charge >= 0.3 is 0 Å². The predicted molar refractivity (Wildman–Crippen MR) is 131 cm³/mol. The topological polar surface area (TPSA) is 105 Å². The number of aromatic nitrogens is 4. The Bertz CT molecular complexity index is 1490. The molecule has 3 aromatic carbocycles. The first kappa shape index (κ1) is 21.1. The van der Waals surface area contributed by atoms with Gasteiger partial charge in [0.2, 0.25) is 11.9 Å². The maximum Gasteiger partial charge on any atom is 0.258 e. The van der Waals surface area contributed by atoms with Gasteiger partial charge in [-0.3, -0.25) is 24.6 Å². The first-order valence-electron chi connectivity index (χ1n) is 10.8. The molecule has 0 aliphatic rings. The second kappa shape index (κ2) is 9.03. The average Bonchev–Trinajstić information content (AvgIpc) is 3.50. The highest BCUT2D eigenvalue weighted by Crippen LogP contribution is 2.25. The lowest BCUT2D eigenvalue weighted by atomic mass is 10.0. The molecule has 0 saturated carbocycles. The Labute approximate surface area is 195 Å². The van der Waals surface area contributed by atoms with E-state index in [1.54, 1.807) is 30.1 Å². The standard InChI is InChI=1S/C26H22N6O2/c1-27-24(33)14-21-16-32(22-8-3-2-4-9-22)26(29-21)30-25(34)19-7-5-6-17(12-19)18-10-11-23-20(13-18)15-28-31-23/h2-13,15-16H,14H2,1H3,(H,27,33)(H,28,31)(H,29,30,34). The van der Waals surface area contributed by atoms with Crippen molar-refractivity contribution in [2.24, 2.45) is 0 Å². The van der Waals surface area contributed by atoms with Crippen LogP contribution in [0.4, 0.5) is 5.95 Å². The summed E-state index contributed by atoms with van der Waals surface area (Å²) in [5.74, 6) is -0.0984. The van der Waals surface area contributed by atoms with Crippen molar-refractivity contribution in [1.29, 1.82) is 0 Å². The Morgan fingerprint density at radius 2 is 1.79 bits per heavy atom. The monoisotopic (exact) mass is 450 g/mol. The highest BCUT2D eigenvalue weighted by molar-refractivity contribution is 6.04. The Morgan fingerprint density at radius 3 is 2.62 bits per heavy atom. The number of nitrogens with one attached hydrogen (secondary N) is 3. The van der Waals surface area contributed by atoms with Crippen molar-refractivity contribution in [2.45, 2.75) is 6.42 Å². The Morgan fingerprint density at radius 1 is 0.971 bits per heavy atom. The molecule has 0 atom stereocenters. The number of aromatic amines is 1. The molecule has 0 aliphatic carbocycles. The minimum Gasteiger partial charge on any atom is -0.359 e. The first-order valence-corrected chi connectivity index (χ1v) is 10.8. The fraction of sp³-hybridized carbons (Fsp3) is 0.0769. The third kappa shape index (κ3) is 4.29. The summed E-state index contributed by atoms with van der Waals surface area (Å²) in [5, 5.41) is 13.5. The SMILES string of the molecule is CNC(=O)Cc1cn(-c2ccccc2)c(NC(=O)c2cccc(-c3ccc4[nH]ncc4c3)c2)n1. The molecular formula is C26H22N6O2. The predicted octanol–water partition coefficient (Wildman–Crippen LogP) is 3.96. The van der Waals surface area contributed by atoms with Gasteiger partial charge in [0.15, 0.2) is 0 Å². The molecule has 0 spiro atoms. The number of H-pyrrole nitrogens is 1. The van der Waals surface area contributed by atoms with Gasteiger partial charge < -0.3 is 5.32 Å². The third-order valence-electron chi connectivity index (χ3n) is 5.53. The number of benzene rings is 3. The van der Waals surface area contributed by atoms with Crippen molar-refractivity contribution in [3.63, 3.8) is 0 Å². The van der Waals surface area contributed by atoms with Gasteiger partial charge in [-0.05, 0) is 47.5 Å². The number of carbonyl (C=O) groups excluding carboxylic acids is 2. The number of hydrogen-bond acceptors (Lipinski definition) is 4. The molecule has 2 aromatic heterocycles. The van der Waals surface area contributed by atoms with Crippen molar-refractivity contribution in [2.75, 3.05) is 12.4 Å². The Balaban J connectivity index is 1.45. The van der Waals surface area contributed by atoms with Crippen LogP contribution in [0.15, 0.2) is 85.2 Å². The van der Waals surface area contributed by atoms with E-state index in [-0.39, 0.29) is 18.2 Å². The molecule has 0 unspecified atom stereocenters. The normalized spacial score (nSPS) is 10.9. The molecule has 0 aliphatic heterocycles. The van der Waals surface area contributed by atoms with Gasteiger partial charge in [0.1, 0.15) is 0 Å². The van der Waals surface area contributed by atoms with Crippen LogP contribution in [0.5, 0.6) is 0 Å². The molecule has 34 heavy (non-hydrogen) atoms. The quantitative estimate of drug-likeness (QED) is 0.364. The fourth-order valence-electron chi connectivity index (χ4n) is 3.78. The van der Waals surface area contributed by atoms with E-state index in [4.69, 9.17) is 0 Å². The van der Waals surface area contributed by atoms with E-state index < -0.39 is 0 Å². The van der Waals surface area contributed by atoms with Gasteiger partial charge in [-0.1, -0.05) is 36.4 Å². The maximum absolute atomic E-state index is 13.2. The van der Waals surface area contributed by atoms with Crippen LogP contribution in [0.3, 0.4) is 0 Å². The van der Waals surface area contributed by atoms with E-state index in [0.717, 1.165) is 27.7 Å². The van der Waals surface area contributed by atoms with Crippen LogP contribution in [-0.4, -0.2) is 38.6 Å². The van der Waals surface area contributed by atoms with Crippen LogP contribution in [-0.2, 0) is 11.2 Å². The van der Waals surface area contributed by atoms with E-state index in [2.05, 4.69) is 25.8 Å². The average molecular weight is 451 g/mol. The van der Waals surface area contributed by atoms with Crippen molar-refractivity contribution in [3.05, 3.63) is 96.4 Å². The highest BCUT2D eigenvalue weighted by Gasteiger charge is 2.16. The summed E-state index contributed by atoms with van der Waals surface area (Å²) in [5.41, 5.74) is 4.75. The van der Waals surface area contributed by atoms with Gasteiger partial charge in [0.25, 0.3) is 5.91 Å². The van der Waals surface area contributed by atoms with E-state index in [1.165, 1.54) is 0 Å². The zero-order valence-electron chi connectivity index (χ0n) is 18.4. The number of likely N-dealkylation sites (N-methyl/N-ethyl adjacent to an activating group) is 1. The molecule has 2 heterocycles. The minimum absolute atomic E-state index is 0.116. The second-order valence-corrected chi connectivity index (χ2v) is 7.82. The van der Waals surface area contributed by atoms with Gasteiger partial charge in [-0.2, -0.15) is 5.10 Å². The van der Waals surface area contributed by atoms with Crippen LogP contribution < -0.4 is 10.6 Å². The number of amides is 2. The lowest BCUT2D eigenvalue weighted by Crippen LogP contribution is -2.20. The van der Waals surface area contributed by atoms with Crippen LogP contribution >= 0.6 is 0 Å². The molecule has 2 amide bonds. The van der Waals surface area contributed by atoms with Crippen LogP contribution in [0.1, 0.15) is 16.1 Å². The number of carbonyl (C=O) groups is 2. The molecule has 168 valence electrons. The van der Waals surface area contributed by atoms with E-state index >= 15 is 0 Å². The maximum atomic E-state index is 13.2. The molecular weight excluding hydrogens is 428 g/mol. The van der Waals surface area contributed by atoms with Crippen LogP contribution in [0.25, 0.3) is 27.7 Å². The minimum atomic E-state index is -0.291. The summed E-state index contributed by atoms with van der Waals surface area (Å²) in [6.07, 6.45) is 3.65. The van der Waals surface area contributed by atoms with Crippen LogP contribution in [0.2, 0.25) is 0 Å². The summed E-state index contributed by atoms with van der Waals surface area (Å²) in [4.78, 5) is 29.6. The third-order valence-corrected chi connectivity index (χ3v) is 5.53. The molecule has 0 radical (unpaired) electrons. The second-order valence-electron chi connectivity index (χ2n) is 7.82. The number of fused-ring (bicyclic) bond motifs is 1. The number of nitrogens with zero attached hydrogens (tertiary/aromatic N) is 3. The summed E-state index contributed by atoms with van der Waals surface area (Å²) in [6, 6.07) is 22.9. The van der Waals surface area contributed by atoms with Crippen molar-refractivity contribution in [1.82, 2.24) is 25.1 Å². The summed E-state index contributed by atoms with van der Waals surface area (Å²) in [6.45, 7) is 0. The first-order chi connectivity index (χ1) is 16.6. The van der Waals surface area contributed by atoms with Gasteiger partial charge in [0.05, 0.1) is 23.8 Å². The fourth-order valence-corrected chi connectivity index (χ4v) is 3.78. The molecule has 0 bridgehead atoms. The molecule has 3 N–H and O–H groups in total. The zero-order valence-corrected chi connectivity index (χ0v) is 18.4. The number of para-hydroxylation sites is 1. The summed E-state index contributed by atoms with van der Waals surface area (Å²) >= 11 is 0. The molecule has 5 aromatic rings. The molecule has 0 saturated heterocycles. The number of anilines is 1. The molecule has 8 nitrogen and oxygen atoms in total. The van der Waals surface area contributed by atoms with E-state index in [0.29, 0.717) is 17.2 Å². The number of imidazole rings is 1. The zero-order chi connectivity index (χ0) is 23.5. The van der Waals surface area contributed by atoms with Gasteiger partial charge in [-0.15, -0.1) is 0 Å². The Hall–Kier alpha value is -4.72. The van der Waals surface area contributed by atoms with E-state index in [1.807, 2.05) is 66.7 Å². The smallest absolute Gasteiger partial charge is 0.258 e. The largest absolute Gasteiger partial charge is 0.359 e. The van der Waals surface area contributed by atoms with Crippen molar-refractivity contribution in [3.8, 4) is 16.8 Å². The molecule has 5 rings (SSSR count). The summed E-state index contributed by atoms with van der Waals surface area (Å²) < 4.78 is 1.77. The van der Waals surface area contributed by atoms with Crippen molar-refractivity contribution >= 4 is 28.7 Å². The molecule has 8 heteroatoms. The van der Waals surface area contributed by atoms with Crippen LogP contribution in [0, 0.1) is 0 Å². The van der Waals surface area contributed by atoms with Gasteiger partial charge in [0, 0.05) is 29.9 Å². The number of hydrogen-bond donors (Lipinski definition) is 3. The lowest BCUT2D eigenvalue weighted by molar-refractivity contribution is -0.120. The van der Waals surface area contributed by atoms with E-state index in [9.17, 15) is 9.59 Å². The van der Waals surface area contributed by atoms with Gasteiger partial charge in [-0.25, -0.2) is 4.98 Å². The lowest BCUT2D eigenvalue weighted by Gasteiger charge is -2.10. The molecule has 0 fully saturated rings.